The van der Waals surface area contributed by atoms with E-state index in [-0.39, 0.29) is 25.0 Å². The number of nitrogens with one attached hydrogen (secondary N) is 1. The summed E-state index contributed by atoms with van der Waals surface area (Å²) in [6.45, 7) is 3.94. The van der Waals surface area contributed by atoms with Gasteiger partial charge in [0, 0.05) is 6.54 Å². The topological polar surface area (TPSA) is 97.6 Å². The number of aryl methyl sites for hydroxylation is 1. The Balaban J connectivity index is 1.71. The Morgan fingerprint density at radius 3 is 2.84 bits per heavy atom. The predicted molar refractivity (Wildman–Crippen MR) is 87.2 cm³/mol. The van der Waals surface area contributed by atoms with E-state index >= 15 is 0 Å². The van der Waals surface area contributed by atoms with Gasteiger partial charge < -0.3 is 19.5 Å². The summed E-state index contributed by atoms with van der Waals surface area (Å²) in [4.78, 5) is 30.6. The third-order valence-corrected chi connectivity index (χ3v) is 3.97. The molecule has 0 spiro atoms. The van der Waals surface area contributed by atoms with Crippen LogP contribution in [0.2, 0.25) is 0 Å². The smallest absolute Gasteiger partial charge is 0.249 e. The zero-order chi connectivity index (χ0) is 17.8. The summed E-state index contributed by atoms with van der Waals surface area (Å²) in [5.74, 6) is 0.297. The van der Waals surface area contributed by atoms with Crippen LogP contribution >= 0.6 is 0 Å². The van der Waals surface area contributed by atoms with Gasteiger partial charge in [-0.1, -0.05) is 35.5 Å². The molecule has 0 bridgehead atoms. The van der Waals surface area contributed by atoms with Gasteiger partial charge in [-0.05, 0) is 19.4 Å². The number of carbonyl (C=O) groups is 2. The molecule has 1 fully saturated rings. The Morgan fingerprint density at radius 2 is 2.16 bits per heavy atom. The number of ether oxygens (including phenoxy) is 1. The van der Waals surface area contributed by atoms with Crippen molar-refractivity contribution in [2.24, 2.45) is 0 Å². The quantitative estimate of drug-likeness (QED) is 0.868. The first kappa shape index (κ1) is 17.1. The van der Waals surface area contributed by atoms with E-state index in [1.165, 1.54) is 0 Å². The number of nitrogens with zero attached hydrogens (tertiary/aromatic N) is 3. The lowest BCUT2D eigenvalue weighted by atomic mass is 10.1. The third-order valence-electron chi connectivity index (χ3n) is 3.97. The van der Waals surface area contributed by atoms with Crippen LogP contribution in [0.5, 0.6) is 0 Å². The maximum Gasteiger partial charge on any atom is 0.249 e. The van der Waals surface area contributed by atoms with Gasteiger partial charge >= 0.3 is 0 Å². The summed E-state index contributed by atoms with van der Waals surface area (Å²) in [5.41, 5.74) is 0.955. The van der Waals surface area contributed by atoms with E-state index in [1.807, 2.05) is 30.3 Å². The summed E-state index contributed by atoms with van der Waals surface area (Å²) < 4.78 is 10.3. The average molecular weight is 344 g/mol. The third kappa shape index (κ3) is 4.03. The Bertz CT molecular complexity index is 746. The molecule has 1 aliphatic heterocycles. The zero-order valence-electron chi connectivity index (χ0n) is 14.1. The number of carbonyl (C=O) groups excluding carboxylic acids is 2. The molecule has 1 aromatic heterocycles. The van der Waals surface area contributed by atoms with E-state index in [4.69, 9.17) is 9.26 Å². The van der Waals surface area contributed by atoms with Gasteiger partial charge in [-0.3, -0.25) is 9.59 Å². The molecule has 2 heterocycles. The normalized spacial score (nSPS) is 18.9. The zero-order valence-corrected chi connectivity index (χ0v) is 14.1. The van der Waals surface area contributed by atoms with Gasteiger partial charge in [0.2, 0.25) is 17.7 Å². The van der Waals surface area contributed by atoms with E-state index < -0.39 is 12.1 Å². The number of benzene rings is 1. The molecule has 25 heavy (non-hydrogen) atoms. The summed E-state index contributed by atoms with van der Waals surface area (Å²) in [5, 5.41) is 6.52. The van der Waals surface area contributed by atoms with Crippen LogP contribution in [0.3, 0.4) is 0 Å². The minimum Gasteiger partial charge on any atom is -0.369 e. The van der Waals surface area contributed by atoms with Crippen molar-refractivity contribution in [2.45, 2.75) is 32.5 Å². The van der Waals surface area contributed by atoms with E-state index in [0.717, 1.165) is 5.56 Å². The highest BCUT2D eigenvalue weighted by molar-refractivity contribution is 5.89. The molecular formula is C17H20N4O4. The molecule has 0 aliphatic carbocycles. The van der Waals surface area contributed by atoms with Crippen molar-refractivity contribution in [3.8, 4) is 0 Å². The molecule has 2 aromatic rings. The molecule has 8 nitrogen and oxygen atoms in total. The van der Waals surface area contributed by atoms with Crippen molar-refractivity contribution in [3.05, 3.63) is 47.6 Å². The second-order valence-electron chi connectivity index (χ2n) is 5.95. The first-order valence-corrected chi connectivity index (χ1v) is 8.06. The standard InChI is InChI=1S/C17H20N4O4/c1-11(17-19-12(2)20-25-17)18-16(23)14-9-24-10-15(22)21(14)8-13-6-4-3-5-7-13/h3-7,11,14H,8-10H2,1-2H3,(H,18,23)/t11-,14-/m0/s1. The molecule has 132 valence electrons. The average Bonchev–Trinajstić information content (AvgIpc) is 3.04. The van der Waals surface area contributed by atoms with Gasteiger partial charge in [-0.2, -0.15) is 4.98 Å². The van der Waals surface area contributed by atoms with Gasteiger partial charge in [0.1, 0.15) is 18.7 Å². The largest absolute Gasteiger partial charge is 0.369 e. The van der Waals surface area contributed by atoms with Gasteiger partial charge in [0.15, 0.2) is 5.82 Å². The number of aromatic nitrogens is 2. The predicted octanol–water partition coefficient (Wildman–Crippen LogP) is 0.983. The Morgan fingerprint density at radius 1 is 1.40 bits per heavy atom. The van der Waals surface area contributed by atoms with Crippen molar-refractivity contribution >= 4 is 11.8 Å². The van der Waals surface area contributed by atoms with Crippen LogP contribution in [-0.2, 0) is 20.9 Å². The molecule has 1 saturated heterocycles. The highest BCUT2D eigenvalue weighted by Gasteiger charge is 2.35. The molecule has 1 N–H and O–H groups in total. The second kappa shape index (κ2) is 7.43. The summed E-state index contributed by atoms with van der Waals surface area (Å²) in [6.07, 6.45) is 0. The Hall–Kier alpha value is -2.74. The van der Waals surface area contributed by atoms with Crippen LogP contribution in [0.25, 0.3) is 0 Å². The molecule has 1 aromatic carbocycles. The fourth-order valence-electron chi connectivity index (χ4n) is 2.66. The SMILES string of the molecule is Cc1noc([C@H](C)NC(=O)[C@@H]2COCC(=O)N2Cc2ccccc2)n1. The van der Waals surface area contributed by atoms with Crippen LogP contribution in [0.4, 0.5) is 0 Å². The molecule has 2 atom stereocenters. The van der Waals surface area contributed by atoms with Crippen molar-refractivity contribution in [2.75, 3.05) is 13.2 Å². The van der Waals surface area contributed by atoms with Crippen molar-refractivity contribution in [1.29, 1.82) is 0 Å². The van der Waals surface area contributed by atoms with Crippen LogP contribution in [0.15, 0.2) is 34.9 Å². The lowest BCUT2D eigenvalue weighted by Gasteiger charge is -2.34. The number of hydrogen-bond acceptors (Lipinski definition) is 6. The lowest BCUT2D eigenvalue weighted by molar-refractivity contribution is -0.156. The molecule has 8 heteroatoms. The molecule has 3 rings (SSSR count). The summed E-state index contributed by atoms with van der Waals surface area (Å²) in [7, 11) is 0. The highest BCUT2D eigenvalue weighted by atomic mass is 16.5. The summed E-state index contributed by atoms with van der Waals surface area (Å²) >= 11 is 0. The van der Waals surface area contributed by atoms with E-state index in [1.54, 1.807) is 18.7 Å². The van der Waals surface area contributed by atoms with Crippen LogP contribution in [0, 0.1) is 6.92 Å². The van der Waals surface area contributed by atoms with Crippen LogP contribution in [0.1, 0.15) is 30.2 Å². The summed E-state index contributed by atoms with van der Waals surface area (Å²) in [6, 6.07) is 8.38. The number of morpholine rings is 1. The van der Waals surface area contributed by atoms with Crippen molar-refractivity contribution < 1.29 is 18.8 Å². The molecule has 0 unspecified atom stereocenters. The number of rotatable bonds is 5. The first-order valence-electron chi connectivity index (χ1n) is 8.06. The molecule has 1 aliphatic rings. The van der Waals surface area contributed by atoms with Gasteiger partial charge in [-0.25, -0.2) is 0 Å². The highest BCUT2D eigenvalue weighted by Crippen LogP contribution is 2.16. The maximum atomic E-state index is 12.7. The maximum absolute atomic E-state index is 12.7. The van der Waals surface area contributed by atoms with Crippen LogP contribution in [-0.4, -0.2) is 46.1 Å². The van der Waals surface area contributed by atoms with Gasteiger partial charge in [0.25, 0.3) is 0 Å². The Kier molecular flexibility index (Phi) is 5.08. The van der Waals surface area contributed by atoms with Crippen LogP contribution < -0.4 is 5.32 Å². The second-order valence-corrected chi connectivity index (χ2v) is 5.95. The molecule has 2 amide bonds. The van der Waals surface area contributed by atoms with E-state index in [9.17, 15) is 9.59 Å². The molecular weight excluding hydrogens is 324 g/mol. The minimum absolute atomic E-state index is 0.0188. The lowest BCUT2D eigenvalue weighted by Crippen LogP contribution is -2.56. The van der Waals surface area contributed by atoms with Gasteiger partial charge in [0.05, 0.1) is 6.61 Å². The number of hydrogen-bond donors (Lipinski definition) is 1. The van der Waals surface area contributed by atoms with E-state index in [0.29, 0.717) is 18.3 Å². The Labute approximate surface area is 145 Å². The fourth-order valence-corrected chi connectivity index (χ4v) is 2.66. The first-order chi connectivity index (χ1) is 12.0. The monoisotopic (exact) mass is 344 g/mol. The van der Waals surface area contributed by atoms with Gasteiger partial charge in [-0.15, -0.1) is 0 Å². The molecule has 0 radical (unpaired) electrons. The number of amides is 2. The van der Waals surface area contributed by atoms with Crippen molar-refractivity contribution in [3.63, 3.8) is 0 Å². The minimum atomic E-state index is -0.701. The fraction of sp³-hybridized carbons (Fsp3) is 0.412. The molecule has 0 saturated carbocycles. The van der Waals surface area contributed by atoms with E-state index in [2.05, 4.69) is 15.5 Å². The van der Waals surface area contributed by atoms with Crippen molar-refractivity contribution in [1.82, 2.24) is 20.4 Å².